The van der Waals surface area contributed by atoms with Gasteiger partial charge < -0.3 is 10.6 Å². The van der Waals surface area contributed by atoms with Crippen LogP contribution in [0, 0.1) is 0 Å². The molecule has 1 aromatic rings. The Morgan fingerprint density at radius 1 is 1.08 bits per heavy atom. The predicted octanol–water partition coefficient (Wildman–Crippen LogP) is 4.14. The van der Waals surface area contributed by atoms with Gasteiger partial charge in [-0.2, -0.15) is 0 Å². The summed E-state index contributed by atoms with van der Waals surface area (Å²) in [5.41, 5.74) is 2.67. The molecular formula is C20H35IN4. The summed E-state index contributed by atoms with van der Waals surface area (Å²) in [6.07, 6.45) is 5.19. The molecule has 1 heterocycles. The first-order valence-electron chi connectivity index (χ1n) is 9.56. The maximum Gasteiger partial charge on any atom is 0.191 e. The Labute approximate surface area is 170 Å². The number of hydrogen-bond donors (Lipinski definition) is 2. The molecule has 1 aliphatic rings. The van der Waals surface area contributed by atoms with E-state index in [0.29, 0.717) is 6.04 Å². The second kappa shape index (κ2) is 12.5. The topological polar surface area (TPSA) is 39.7 Å². The Bertz CT molecular complexity index is 495. The van der Waals surface area contributed by atoms with Gasteiger partial charge in [0, 0.05) is 19.1 Å². The van der Waals surface area contributed by atoms with E-state index in [9.17, 15) is 0 Å². The lowest BCUT2D eigenvalue weighted by Crippen LogP contribution is -2.41. The number of likely N-dealkylation sites (tertiary alicyclic amines) is 1. The van der Waals surface area contributed by atoms with E-state index >= 15 is 0 Å². The maximum atomic E-state index is 4.70. The highest BCUT2D eigenvalue weighted by Crippen LogP contribution is 2.14. The monoisotopic (exact) mass is 458 g/mol. The van der Waals surface area contributed by atoms with Crippen molar-refractivity contribution in [3.8, 4) is 0 Å². The Morgan fingerprint density at radius 2 is 1.72 bits per heavy atom. The fraction of sp³-hybridized carbons (Fsp3) is 0.650. The van der Waals surface area contributed by atoms with Crippen LogP contribution in [-0.4, -0.2) is 36.5 Å². The molecule has 1 aromatic carbocycles. The fourth-order valence-corrected chi connectivity index (χ4v) is 2.95. The molecule has 142 valence electrons. The van der Waals surface area contributed by atoms with Crippen LogP contribution in [0.15, 0.2) is 29.3 Å². The second-order valence-corrected chi connectivity index (χ2v) is 6.80. The SMILES string of the molecule is CCNC(=NCc1ccc(CN2CCCCC2)cc1)NC(C)CC.I. The molecule has 1 fully saturated rings. The minimum absolute atomic E-state index is 0. The summed E-state index contributed by atoms with van der Waals surface area (Å²) in [5.74, 6) is 0.907. The van der Waals surface area contributed by atoms with Crippen LogP contribution in [-0.2, 0) is 13.1 Å². The lowest BCUT2D eigenvalue weighted by molar-refractivity contribution is 0.221. The van der Waals surface area contributed by atoms with Crippen molar-refractivity contribution < 1.29 is 0 Å². The van der Waals surface area contributed by atoms with E-state index < -0.39 is 0 Å². The van der Waals surface area contributed by atoms with Crippen molar-refractivity contribution >= 4 is 29.9 Å². The van der Waals surface area contributed by atoms with E-state index in [-0.39, 0.29) is 24.0 Å². The van der Waals surface area contributed by atoms with Gasteiger partial charge in [0.25, 0.3) is 0 Å². The van der Waals surface area contributed by atoms with Gasteiger partial charge in [-0.3, -0.25) is 4.90 Å². The van der Waals surface area contributed by atoms with Gasteiger partial charge in [0.15, 0.2) is 5.96 Å². The number of hydrogen-bond acceptors (Lipinski definition) is 2. The quantitative estimate of drug-likeness (QED) is 0.367. The fourth-order valence-electron chi connectivity index (χ4n) is 2.95. The van der Waals surface area contributed by atoms with Crippen molar-refractivity contribution in [2.45, 2.75) is 65.6 Å². The zero-order valence-corrected chi connectivity index (χ0v) is 18.4. The van der Waals surface area contributed by atoms with Crippen LogP contribution in [0.25, 0.3) is 0 Å². The van der Waals surface area contributed by atoms with Gasteiger partial charge in [-0.05, 0) is 57.3 Å². The van der Waals surface area contributed by atoms with Crippen molar-refractivity contribution in [2.24, 2.45) is 4.99 Å². The van der Waals surface area contributed by atoms with Crippen LogP contribution in [0.1, 0.15) is 57.6 Å². The molecule has 25 heavy (non-hydrogen) atoms. The summed E-state index contributed by atoms with van der Waals surface area (Å²) in [5, 5.41) is 6.75. The zero-order chi connectivity index (χ0) is 17.2. The smallest absolute Gasteiger partial charge is 0.191 e. The summed E-state index contributed by atoms with van der Waals surface area (Å²) in [6, 6.07) is 9.39. The van der Waals surface area contributed by atoms with E-state index in [2.05, 4.69) is 60.6 Å². The number of benzene rings is 1. The number of piperidine rings is 1. The largest absolute Gasteiger partial charge is 0.357 e. The summed E-state index contributed by atoms with van der Waals surface area (Å²) in [6.45, 7) is 11.7. The van der Waals surface area contributed by atoms with Crippen LogP contribution in [0.3, 0.4) is 0 Å². The van der Waals surface area contributed by atoms with E-state index in [1.165, 1.54) is 43.5 Å². The first-order chi connectivity index (χ1) is 11.7. The average molecular weight is 458 g/mol. The Balaban J connectivity index is 0.00000312. The highest BCUT2D eigenvalue weighted by molar-refractivity contribution is 14.0. The average Bonchev–Trinajstić information content (AvgIpc) is 2.62. The molecule has 1 saturated heterocycles. The van der Waals surface area contributed by atoms with E-state index in [1.807, 2.05) is 0 Å². The minimum Gasteiger partial charge on any atom is -0.357 e. The highest BCUT2D eigenvalue weighted by Gasteiger charge is 2.10. The molecule has 1 unspecified atom stereocenters. The van der Waals surface area contributed by atoms with Gasteiger partial charge in [-0.1, -0.05) is 37.6 Å². The van der Waals surface area contributed by atoms with Crippen molar-refractivity contribution in [3.63, 3.8) is 0 Å². The lowest BCUT2D eigenvalue weighted by atomic mass is 10.1. The summed E-state index contributed by atoms with van der Waals surface area (Å²) in [4.78, 5) is 7.27. The van der Waals surface area contributed by atoms with Crippen molar-refractivity contribution in [3.05, 3.63) is 35.4 Å². The van der Waals surface area contributed by atoms with Gasteiger partial charge in [-0.25, -0.2) is 4.99 Å². The van der Waals surface area contributed by atoms with Crippen LogP contribution in [0.4, 0.5) is 0 Å². The molecule has 5 heteroatoms. The molecule has 1 aliphatic heterocycles. The van der Waals surface area contributed by atoms with Crippen LogP contribution < -0.4 is 10.6 Å². The highest BCUT2D eigenvalue weighted by atomic mass is 127. The molecular weight excluding hydrogens is 423 g/mol. The lowest BCUT2D eigenvalue weighted by Gasteiger charge is -2.26. The van der Waals surface area contributed by atoms with Gasteiger partial charge >= 0.3 is 0 Å². The van der Waals surface area contributed by atoms with Crippen LogP contribution >= 0.6 is 24.0 Å². The molecule has 1 atom stereocenters. The Kier molecular flexibility index (Phi) is 11.1. The van der Waals surface area contributed by atoms with E-state index in [1.54, 1.807) is 0 Å². The number of aliphatic imine (C=N–C) groups is 1. The summed E-state index contributed by atoms with van der Waals surface area (Å²) in [7, 11) is 0. The molecule has 0 amide bonds. The van der Waals surface area contributed by atoms with Crippen LogP contribution in [0.5, 0.6) is 0 Å². The number of rotatable bonds is 7. The third kappa shape index (κ3) is 8.40. The van der Waals surface area contributed by atoms with E-state index in [4.69, 9.17) is 4.99 Å². The standard InChI is InChI=1S/C20H34N4.HI/c1-4-17(3)23-20(21-5-2)22-15-18-9-11-19(12-10-18)16-24-13-7-6-8-14-24;/h9-12,17H,4-8,13-16H2,1-3H3,(H2,21,22,23);1H. The molecule has 0 aliphatic carbocycles. The normalized spacial score (nSPS) is 16.8. The zero-order valence-electron chi connectivity index (χ0n) is 16.1. The van der Waals surface area contributed by atoms with Gasteiger partial charge in [-0.15, -0.1) is 24.0 Å². The first-order valence-corrected chi connectivity index (χ1v) is 9.56. The second-order valence-electron chi connectivity index (χ2n) is 6.80. The third-order valence-electron chi connectivity index (χ3n) is 4.64. The van der Waals surface area contributed by atoms with Crippen molar-refractivity contribution in [2.75, 3.05) is 19.6 Å². The molecule has 0 bridgehead atoms. The molecule has 0 aromatic heterocycles. The molecule has 0 saturated carbocycles. The number of nitrogens with one attached hydrogen (secondary N) is 2. The van der Waals surface area contributed by atoms with Gasteiger partial charge in [0.2, 0.25) is 0 Å². The Morgan fingerprint density at radius 3 is 2.32 bits per heavy atom. The first kappa shape index (κ1) is 22.2. The predicted molar refractivity (Wildman–Crippen MR) is 119 cm³/mol. The molecule has 0 spiro atoms. The third-order valence-corrected chi connectivity index (χ3v) is 4.64. The number of nitrogens with zero attached hydrogens (tertiary/aromatic N) is 2. The summed E-state index contributed by atoms with van der Waals surface area (Å²) < 4.78 is 0. The minimum atomic E-state index is 0. The molecule has 2 rings (SSSR count). The molecule has 2 N–H and O–H groups in total. The van der Waals surface area contributed by atoms with E-state index in [0.717, 1.165) is 32.0 Å². The van der Waals surface area contributed by atoms with Gasteiger partial charge in [0.05, 0.1) is 6.54 Å². The molecule has 0 radical (unpaired) electrons. The van der Waals surface area contributed by atoms with Crippen molar-refractivity contribution in [1.29, 1.82) is 0 Å². The molecule has 4 nitrogen and oxygen atoms in total. The number of guanidine groups is 1. The number of halogens is 1. The Hall–Kier alpha value is -0.820. The maximum absolute atomic E-state index is 4.70. The van der Waals surface area contributed by atoms with Crippen LogP contribution in [0.2, 0.25) is 0 Å². The summed E-state index contributed by atoms with van der Waals surface area (Å²) >= 11 is 0. The van der Waals surface area contributed by atoms with Gasteiger partial charge in [0.1, 0.15) is 0 Å². The van der Waals surface area contributed by atoms with Crippen molar-refractivity contribution in [1.82, 2.24) is 15.5 Å².